The van der Waals surface area contributed by atoms with Crippen molar-refractivity contribution in [1.82, 2.24) is 19.6 Å². The Bertz CT molecular complexity index is 511. The van der Waals surface area contributed by atoms with E-state index in [-0.39, 0.29) is 0 Å². The molecule has 5 heteroatoms. The molecule has 5 nitrogen and oxygen atoms in total. The van der Waals surface area contributed by atoms with Crippen molar-refractivity contribution in [2.75, 3.05) is 5.32 Å². The molecule has 0 saturated carbocycles. The molecule has 0 amide bonds. The molecule has 1 N–H and O–H groups in total. The Labute approximate surface area is 108 Å². The molecule has 98 valence electrons. The molecule has 1 atom stereocenters. The fourth-order valence-electron chi connectivity index (χ4n) is 1.88. The summed E-state index contributed by atoms with van der Waals surface area (Å²) in [6, 6.07) is 4.54. The molecule has 0 aliphatic heterocycles. The van der Waals surface area contributed by atoms with Gasteiger partial charge < -0.3 is 5.32 Å². The Kier molecular flexibility index (Phi) is 3.69. The highest BCUT2D eigenvalue weighted by Gasteiger charge is 2.06. The lowest BCUT2D eigenvalue weighted by molar-refractivity contribution is 0.479. The van der Waals surface area contributed by atoms with Crippen LogP contribution in [0, 0.1) is 6.92 Å². The van der Waals surface area contributed by atoms with E-state index in [2.05, 4.69) is 35.4 Å². The second-order valence-electron chi connectivity index (χ2n) is 4.69. The Morgan fingerprint density at radius 3 is 2.78 bits per heavy atom. The van der Waals surface area contributed by atoms with Crippen molar-refractivity contribution < 1.29 is 0 Å². The van der Waals surface area contributed by atoms with Crippen LogP contribution in [0.15, 0.2) is 18.3 Å². The van der Waals surface area contributed by atoms with E-state index in [9.17, 15) is 0 Å². The Balaban J connectivity index is 1.98. The lowest BCUT2D eigenvalue weighted by atomic mass is 10.3. The molecular weight excluding hydrogens is 226 g/mol. The first-order valence-corrected chi connectivity index (χ1v) is 6.38. The highest BCUT2D eigenvalue weighted by Crippen LogP contribution is 2.12. The molecule has 0 saturated heterocycles. The summed E-state index contributed by atoms with van der Waals surface area (Å²) < 4.78 is 3.89. The fourth-order valence-corrected chi connectivity index (χ4v) is 1.88. The van der Waals surface area contributed by atoms with Gasteiger partial charge >= 0.3 is 0 Å². The van der Waals surface area contributed by atoms with E-state index < -0.39 is 0 Å². The topological polar surface area (TPSA) is 47.7 Å². The number of nitrogens with one attached hydrogen (secondary N) is 1. The quantitative estimate of drug-likeness (QED) is 0.883. The number of aromatic nitrogens is 4. The molecule has 18 heavy (non-hydrogen) atoms. The van der Waals surface area contributed by atoms with Crippen LogP contribution in [0.4, 0.5) is 5.82 Å². The Hall–Kier alpha value is -1.78. The first-order valence-electron chi connectivity index (χ1n) is 6.38. The van der Waals surface area contributed by atoms with Gasteiger partial charge in [-0.25, -0.2) is 0 Å². The van der Waals surface area contributed by atoms with Crippen LogP contribution in [-0.2, 0) is 13.6 Å². The lowest BCUT2D eigenvalue weighted by Gasteiger charge is -2.08. The van der Waals surface area contributed by atoms with Crippen LogP contribution in [0.5, 0.6) is 0 Å². The number of rotatable bonds is 5. The van der Waals surface area contributed by atoms with E-state index in [1.165, 1.54) is 0 Å². The van der Waals surface area contributed by atoms with Crippen LogP contribution in [0.25, 0.3) is 0 Å². The summed E-state index contributed by atoms with van der Waals surface area (Å²) in [5, 5.41) is 12.2. The van der Waals surface area contributed by atoms with E-state index >= 15 is 0 Å². The highest BCUT2D eigenvalue weighted by atomic mass is 15.3. The van der Waals surface area contributed by atoms with Crippen LogP contribution >= 0.6 is 0 Å². The second kappa shape index (κ2) is 5.25. The number of anilines is 1. The van der Waals surface area contributed by atoms with Crippen LogP contribution in [-0.4, -0.2) is 19.6 Å². The van der Waals surface area contributed by atoms with Crippen molar-refractivity contribution >= 4 is 5.82 Å². The van der Waals surface area contributed by atoms with Gasteiger partial charge in [0.25, 0.3) is 0 Å². The molecule has 2 heterocycles. The number of nitrogens with zero attached hydrogens (tertiary/aromatic N) is 4. The monoisotopic (exact) mass is 247 g/mol. The van der Waals surface area contributed by atoms with Gasteiger partial charge in [-0.05, 0) is 26.3 Å². The molecule has 0 fully saturated rings. The summed E-state index contributed by atoms with van der Waals surface area (Å²) >= 11 is 0. The van der Waals surface area contributed by atoms with Gasteiger partial charge in [-0.3, -0.25) is 9.36 Å². The summed E-state index contributed by atoms with van der Waals surface area (Å²) in [6.45, 7) is 7.08. The molecule has 0 bridgehead atoms. The predicted molar refractivity (Wildman–Crippen MR) is 72.5 cm³/mol. The van der Waals surface area contributed by atoms with Crippen LogP contribution < -0.4 is 5.32 Å². The van der Waals surface area contributed by atoms with E-state index in [0.29, 0.717) is 6.04 Å². The first kappa shape index (κ1) is 12.7. The minimum absolute atomic E-state index is 0.444. The maximum Gasteiger partial charge on any atom is 0.148 e. The van der Waals surface area contributed by atoms with E-state index in [1.807, 2.05) is 35.6 Å². The van der Waals surface area contributed by atoms with Gasteiger partial charge in [0.1, 0.15) is 5.82 Å². The van der Waals surface area contributed by atoms with Crippen molar-refractivity contribution in [3.8, 4) is 0 Å². The molecule has 2 rings (SSSR count). The van der Waals surface area contributed by atoms with Crippen molar-refractivity contribution in [2.45, 2.75) is 39.8 Å². The number of aryl methyl sites for hydroxylation is 2. The largest absolute Gasteiger partial charge is 0.363 e. The average Bonchev–Trinajstić information content (AvgIpc) is 2.92. The third-order valence-electron chi connectivity index (χ3n) is 3.20. The lowest BCUT2D eigenvalue weighted by Crippen LogP contribution is -2.08. The Morgan fingerprint density at radius 2 is 2.17 bits per heavy atom. The maximum atomic E-state index is 4.51. The molecule has 0 aromatic carbocycles. The molecular formula is C13H21N5. The molecule has 0 aliphatic rings. The van der Waals surface area contributed by atoms with E-state index in [1.54, 1.807) is 0 Å². The maximum absolute atomic E-state index is 4.51. The van der Waals surface area contributed by atoms with Crippen LogP contribution in [0.2, 0.25) is 0 Å². The smallest absolute Gasteiger partial charge is 0.148 e. The van der Waals surface area contributed by atoms with Gasteiger partial charge in [0, 0.05) is 25.4 Å². The van der Waals surface area contributed by atoms with Crippen LogP contribution in [0.3, 0.4) is 0 Å². The summed E-state index contributed by atoms with van der Waals surface area (Å²) in [6.07, 6.45) is 3.10. The predicted octanol–water partition coefficient (Wildman–Crippen LogP) is 2.51. The van der Waals surface area contributed by atoms with E-state index in [4.69, 9.17) is 0 Å². The zero-order chi connectivity index (χ0) is 13.1. The SMILES string of the molecule is CCC(C)n1ccc(NCc2cc(C)nn2C)n1. The highest BCUT2D eigenvalue weighted by molar-refractivity contribution is 5.33. The fraction of sp³-hybridized carbons (Fsp3) is 0.538. The second-order valence-corrected chi connectivity index (χ2v) is 4.69. The minimum Gasteiger partial charge on any atom is -0.363 e. The van der Waals surface area contributed by atoms with Gasteiger partial charge in [-0.1, -0.05) is 6.92 Å². The van der Waals surface area contributed by atoms with Crippen molar-refractivity contribution in [1.29, 1.82) is 0 Å². The van der Waals surface area contributed by atoms with Gasteiger partial charge in [0.15, 0.2) is 0 Å². The van der Waals surface area contributed by atoms with Crippen molar-refractivity contribution in [3.05, 3.63) is 29.7 Å². The normalized spacial score (nSPS) is 12.7. The molecule has 2 aromatic rings. The third kappa shape index (κ3) is 2.72. The van der Waals surface area contributed by atoms with Gasteiger partial charge in [-0.15, -0.1) is 0 Å². The summed E-state index contributed by atoms with van der Waals surface area (Å²) in [4.78, 5) is 0. The van der Waals surface area contributed by atoms with Gasteiger partial charge in [-0.2, -0.15) is 10.2 Å². The first-order chi connectivity index (χ1) is 8.60. The summed E-state index contributed by atoms with van der Waals surface area (Å²) in [7, 11) is 1.96. The van der Waals surface area contributed by atoms with Gasteiger partial charge in [0.2, 0.25) is 0 Å². The molecule has 1 unspecified atom stereocenters. The zero-order valence-electron chi connectivity index (χ0n) is 11.5. The van der Waals surface area contributed by atoms with Crippen molar-refractivity contribution in [2.24, 2.45) is 7.05 Å². The third-order valence-corrected chi connectivity index (χ3v) is 3.20. The minimum atomic E-state index is 0.444. The summed E-state index contributed by atoms with van der Waals surface area (Å²) in [5.41, 5.74) is 2.20. The van der Waals surface area contributed by atoms with Crippen molar-refractivity contribution in [3.63, 3.8) is 0 Å². The van der Waals surface area contributed by atoms with E-state index in [0.717, 1.165) is 30.2 Å². The number of hydrogen-bond donors (Lipinski definition) is 1. The molecule has 2 aromatic heterocycles. The number of hydrogen-bond acceptors (Lipinski definition) is 3. The molecule has 0 radical (unpaired) electrons. The molecule has 0 aliphatic carbocycles. The molecule has 0 spiro atoms. The Morgan fingerprint density at radius 1 is 1.39 bits per heavy atom. The standard InChI is InChI=1S/C13H21N5/c1-5-11(3)18-7-6-13(16-18)14-9-12-8-10(2)15-17(12)4/h6-8,11H,5,9H2,1-4H3,(H,14,16). The summed E-state index contributed by atoms with van der Waals surface area (Å²) in [5.74, 6) is 0.911. The van der Waals surface area contributed by atoms with Gasteiger partial charge in [0.05, 0.1) is 17.9 Å². The average molecular weight is 247 g/mol. The van der Waals surface area contributed by atoms with Crippen LogP contribution in [0.1, 0.15) is 37.7 Å². The zero-order valence-corrected chi connectivity index (χ0v) is 11.5.